The topological polar surface area (TPSA) is 97.4 Å². The lowest BCUT2D eigenvalue weighted by Crippen LogP contribution is -2.30. The number of carbonyl (C=O) groups is 3. The van der Waals surface area contributed by atoms with Crippen molar-refractivity contribution < 1.29 is 19.1 Å². The van der Waals surface area contributed by atoms with E-state index in [-0.39, 0.29) is 11.6 Å². The van der Waals surface area contributed by atoms with Gasteiger partial charge in [-0.2, -0.15) is 0 Å². The van der Waals surface area contributed by atoms with E-state index < -0.39 is 18.0 Å². The van der Waals surface area contributed by atoms with Gasteiger partial charge in [0.05, 0.1) is 0 Å². The number of hydrogen-bond acceptors (Lipinski definition) is 6. The minimum absolute atomic E-state index is 0.0306. The Bertz CT molecular complexity index is 1030. The Kier molecular flexibility index (Phi) is 6.36. The molecule has 148 valence electrons. The van der Waals surface area contributed by atoms with E-state index in [0.29, 0.717) is 10.8 Å². The molecule has 2 aromatic carbocycles. The highest BCUT2D eigenvalue weighted by atomic mass is 32.1. The van der Waals surface area contributed by atoms with E-state index in [1.807, 2.05) is 48.5 Å². The van der Waals surface area contributed by atoms with Gasteiger partial charge in [-0.05, 0) is 18.6 Å². The molecule has 0 aliphatic heterocycles. The first-order chi connectivity index (χ1) is 13.9. The number of anilines is 2. The van der Waals surface area contributed by atoms with Gasteiger partial charge in [0.1, 0.15) is 0 Å². The van der Waals surface area contributed by atoms with Gasteiger partial charge in [0.25, 0.3) is 5.91 Å². The molecule has 0 saturated heterocycles. The number of thiazole rings is 1. The number of hydrogen-bond donors (Lipinski definition) is 2. The van der Waals surface area contributed by atoms with Crippen molar-refractivity contribution >= 4 is 39.9 Å². The molecule has 0 spiro atoms. The van der Waals surface area contributed by atoms with Crippen LogP contribution in [0, 0.1) is 0 Å². The molecule has 3 rings (SSSR count). The lowest BCUT2D eigenvalue weighted by Gasteiger charge is -2.15. The summed E-state index contributed by atoms with van der Waals surface area (Å²) in [6.07, 6.45) is -1.03. The van der Waals surface area contributed by atoms with Gasteiger partial charge in [-0.15, -0.1) is 11.3 Å². The predicted molar refractivity (Wildman–Crippen MR) is 112 cm³/mol. The number of rotatable bonds is 6. The maximum Gasteiger partial charge on any atom is 0.358 e. The van der Waals surface area contributed by atoms with Crippen molar-refractivity contribution in [2.75, 3.05) is 10.6 Å². The minimum atomic E-state index is -1.03. The number of nitrogens with one attached hydrogen (secondary N) is 2. The first kappa shape index (κ1) is 20.2. The Morgan fingerprint density at radius 3 is 2.41 bits per heavy atom. The normalized spacial score (nSPS) is 11.4. The average Bonchev–Trinajstić information content (AvgIpc) is 3.17. The molecule has 7 nitrogen and oxygen atoms in total. The summed E-state index contributed by atoms with van der Waals surface area (Å²) >= 11 is 1.10. The molecule has 1 unspecified atom stereocenters. The maximum absolute atomic E-state index is 12.6. The third kappa shape index (κ3) is 5.26. The van der Waals surface area contributed by atoms with Crippen molar-refractivity contribution in [1.29, 1.82) is 0 Å². The van der Waals surface area contributed by atoms with E-state index in [1.54, 1.807) is 6.07 Å². The van der Waals surface area contributed by atoms with Crippen molar-refractivity contribution in [1.82, 2.24) is 4.98 Å². The fraction of sp³-hybridized carbons (Fsp3) is 0.143. The second-order valence-corrected chi connectivity index (χ2v) is 7.03. The molecule has 1 atom stereocenters. The van der Waals surface area contributed by atoms with E-state index in [1.165, 1.54) is 19.2 Å². The fourth-order valence-corrected chi connectivity index (χ4v) is 3.27. The Hall–Kier alpha value is -3.52. The van der Waals surface area contributed by atoms with Crippen LogP contribution in [-0.2, 0) is 14.3 Å². The standard InChI is InChI=1S/C21H19N3O4S/c1-13(28-20(27)18-12-29-21(24-18)22-14(2)25)19(26)23-17-11-7-6-10-16(17)15-8-4-3-5-9-15/h3-13H,1-2H3,(H,23,26)(H,22,24,25). The number of aromatic nitrogens is 1. The molecule has 8 heteroatoms. The number of amides is 2. The maximum atomic E-state index is 12.6. The zero-order chi connectivity index (χ0) is 20.8. The first-order valence-corrected chi connectivity index (χ1v) is 9.71. The summed E-state index contributed by atoms with van der Waals surface area (Å²) < 4.78 is 5.21. The number of benzene rings is 2. The fourth-order valence-electron chi connectivity index (χ4n) is 2.55. The largest absolute Gasteiger partial charge is 0.448 e. The number of nitrogens with zero attached hydrogens (tertiary/aromatic N) is 1. The van der Waals surface area contributed by atoms with Gasteiger partial charge < -0.3 is 15.4 Å². The van der Waals surface area contributed by atoms with Crippen LogP contribution < -0.4 is 10.6 Å². The lowest BCUT2D eigenvalue weighted by atomic mass is 10.0. The molecule has 29 heavy (non-hydrogen) atoms. The monoisotopic (exact) mass is 409 g/mol. The van der Waals surface area contributed by atoms with E-state index in [0.717, 1.165) is 22.5 Å². The third-order valence-electron chi connectivity index (χ3n) is 3.92. The summed E-state index contributed by atoms with van der Waals surface area (Å²) in [6, 6.07) is 17.0. The molecule has 0 bridgehead atoms. The highest BCUT2D eigenvalue weighted by Crippen LogP contribution is 2.27. The molecule has 2 N–H and O–H groups in total. The molecule has 3 aromatic rings. The van der Waals surface area contributed by atoms with Crippen molar-refractivity contribution in [3.8, 4) is 11.1 Å². The molecular weight excluding hydrogens is 390 g/mol. The summed E-state index contributed by atoms with van der Waals surface area (Å²) in [5.74, 6) is -1.49. The second-order valence-electron chi connectivity index (χ2n) is 6.17. The average molecular weight is 409 g/mol. The van der Waals surface area contributed by atoms with Crippen LogP contribution in [0.2, 0.25) is 0 Å². The van der Waals surface area contributed by atoms with Crippen LogP contribution in [0.25, 0.3) is 11.1 Å². The molecule has 1 aromatic heterocycles. The highest BCUT2D eigenvalue weighted by molar-refractivity contribution is 7.14. The van der Waals surface area contributed by atoms with Gasteiger partial charge in [0, 0.05) is 23.6 Å². The molecule has 2 amide bonds. The van der Waals surface area contributed by atoms with Crippen LogP contribution in [0.5, 0.6) is 0 Å². The van der Waals surface area contributed by atoms with E-state index in [4.69, 9.17) is 4.74 Å². The number of esters is 1. The summed E-state index contributed by atoms with van der Waals surface area (Å²) in [6.45, 7) is 2.83. The van der Waals surface area contributed by atoms with Crippen LogP contribution in [0.4, 0.5) is 10.8 Å². The summed E-state index contributed by atoms with van der Waals surface area (Å²) in [5, 5.41) is 7.05. The minimum Gasteiger partial charge on any atom is -0.448 e. The molecular formula is C21H19N3O4S. The molecule has 0 radical (unpaired) electrons. The smallest absolute Gasteiger partial charge is 0.358 e. The van der Waals surface area contributed by atoms with Crippen LogP contribution in [0.1, 0.15) is 24.3 Å². The van der Waals surface area contributed by atoms with Crippen molar-refractivity contribution in [3.63, 3.8) is 0 Å². The zero-order valence-electron chi connectivity index (χ0n) is 15.8. The number of para-hydroxylation sites is 1. The number of ether oxygens (including phenoxy) is 1. The van der Waals surface area contributed by atoms with Gasteiger partial charge in [-0.3, -0.25) is 9.59 Å². The SMILES string of the molecule is CC(=O)Nc1nc(C(=O)OC(C)C(=O)Nc2ccccc2-c2ccccc2)cs1. The lowest BCUT2D eigenvalue weighted by molar-refractivity contribution is -0.123. The van der Waals surface area contributed by atoms with Gasteiger partial charge in [0.15, 0.2) is 16.9 Å². The molecule has 0 aliphatic rings. The Morgan fingerprint density at radius 1 is 1.00 bits per heavy atom. The van der Waals surface area contributed by atoms with Gasteiger partial charge >= 0.3 is 5.97 Å². The molecule has 0 aliphatic carbocycles. The molecule has 0 saturated carbocycles. The van der Waals surface area contributed by atoms with E-state index in [2.05, 4.69) is 15.6 Å². The Morgan fingerprint density at radius 2 is 1.69 bits per heavy atom. The van der Waals surface area contributed by atoms with Crippen molar-refractivity contribution in [3.05, 3.63) is 65.7 Å². The summed E-state index contributed by atoms with van der Waals surface area (Å²) in [5.41, 5.74) is 2.47. The Balaban J connectivity index is 1.66. The van der Waals surface area contributed by atoms with Crippen LogP contribution >= 0.6 is 11.3 Å². The van der Waals surface area contributed by atoms with E-state index in [9.17, 15) is 14.4 Å². The first-order valence-electron chi connectivity index (χ1n) is 8.83. The second kappa shape index (κ2) is 9.11. The predicted octanol–water partition coefficient (Wildman–Crippen LogP) is 3.95. The summed E-state index contributed by atoms with van der Waals surface area (Å²) in [7, 11) is 0. The van der Waals surface area contributed by atoms with Gasteiger partial charge in [0.2, 0.25) is 5.91 Å². The van der Waals surface area contributed by atoms with Crippen LogP contribution in [0.15, 0.2) is 60.0 Å². The highest BCUT2D eigenvalue weighted by Gasteiger charge is 2.22. The Labute approximate surface area is 171 Å². The van der Waals surface area contributed by atoms with Crippen LogP contribution in [0.3, 0.4) is 0 Å². The third-order valence-corrected chi connectivity index (χ3v) is 4.68. The molecule has 0 fully saturated rings. The quantitative estimate of drug-likeness (QED) is 0.601. The zero-order valence-corrected chi connectivity index (χ0v) is 16.7. The molecule has 1 heterocycles. The van der Waals surface area contributed by atoms with Crippen molar-refractivity contribution in [2.24, 2.45) is 0 Å². The summed E-state index contributed by atoms with van der Waals surface area (Å²) in [4.78, 5) is 39.8. The van der Waals surface area contributed by atoms with Gasteiger partial charge in [-0.1, -0.05) is 48.5 Å². The van der Waals surface area contributed by atoms with Crippen molar-refractivity contribution in [2.45, 2.75) is 20.0 Å². The van der Waals surface area contributed by atoms with E-state index >= 15 is 0 Å². The van der Waals surface area contributed by atoms with Crippen LogP contribution in [-0.4, -0.2) is 28.9 Å². The number of carbonyl (C=O) groups excluding carboxylic acids is 3. The van der Waals surface area contributed by atoms with Gasteiger partial charge in [-0.25, -0.2) is 9.78 Å².